The average Bonchev–Trinajstić information content (AvgIpc) is 3.64. The van der Waals surface area contributed by atoms with Crippen LogP contribution in [0.5, 0.6) is 0 Å². The third-order valence-corrected chi connectivity index (χ3v) is 8.32. The Morgan fingerprint density at radius 3 is 2.72 bits per heavy atom. The summed E-state index contributed by atoms with van der Waals surface area (Å²) in [5.41, 5.74) is 6.84. The quantitative estimate of drug-likeness (QED) is 0.165. The highest BCUT2D eigenvalue weighted by molar-refractivity contribution is 6.31. The first-order valence-corrected chi connectivity index (χ1v) is 14.8. The Hall–Kier alpha value is -5.34. The number of amides is 3. The van der Waals surface area contributed by atoms with Crippen LogP contribution >= 0.6 is 11.6 Å². The monoisotopic (exact) mass is 643 g/mol. The second-order valence-corrected chi connectivity index (χ2v) is 11.6. The Balaban J connectivity index is 1.27. The minimum atomic E-state index is -1.13. The largest absolute Gasteiger partial charge is 0.391 e. The Bertz CT molecular complexity index is 2030. The zero-order chi connectivity index (χ0) is 32.5. The normalized spacial score (nSPS) is 16.9. The summed E-state index contributed by atoms with van der Waals surface area (Å²) in [7, 11) is 1.62. The van der Waals surface area contributed by atoms with Crippen LogP contribution < -0.4 is 16.6 Å². The number of rotatable bonds is 8. The van der Waals surface area contributed by atoms with E-state index in [1.165, 1.54) is 4.90 Å². The maximum Gasteiger partial charge on any atom is 0.280 e. The van der Waals surface area contributed by atoms with Crippen molar-refractivity contribution < 1.29 is 19.5 Å². The SMILES string of the molecule is CN(Cc1ccccc1Cl)C(=O)C(Cc1c[nH]c2ccccc12)NC(=O)C1CC(O)CN1C(=O)c1cnc2nc(N)[nH]c(=O)c2n1. The zero-order valence-corrected chi connectivity index (χ0v) is 25.4. The van der Waals surface area contributed by atoms with Gasteiger partial charge in [-0.15, -0.1) is 0 Å². The molecule has 0 radical (unpaired) electrons. The van der Waals surface area contributed by atoms with Gasteiger partial charge in [-0.2, -0.15) is 4.98 Å². The molecule has 2 aromatic carbocycles. The van der Waals surface area contributed by atoms with E-state index in [1.807, 2.05) is 36.4 Å². The van der Waals surface area contributed by atoms with E-state index >= 15 is 0 Å². The van der Waals surface area contributed by atoms with Crippen LogP contribution in [-0.2, 0) is 22.6 Å². The number of hydrogen-bond donors (Lipinski definition) is 5. The first kappa shape index (κ1) is 30.7. The number of carbonyl (C=O) groups is 3. The highest BCUT2D eigenvalue weighted by Gasteiger charge is 2.41. The van der Waals surface area contributed by atoms with E-state index < -0.39 is 35.6 Å². The van der Waals surface area contributed by atoms with E-state index in [-0.39, 0.29) is 54.6 Å². The molecule has 14 nitrogen and oxygen atoms in total. The smallest absolute Gasteiger partial charge is 0.280 e. The lowest BCUT2D eigenvalue weighted by Gasteiger charge is -2.28. The topological polar surface area (TPSA) is 203 Å². The molecule has 0 saturated carbocycles. The lowest BCUT2D eigenvalue weighted by molar-refractivity contribution is -0.136. The van der Waals surface area contributed by atoms with Crippen molar-refractivity contribution in [3.8, 4) is 0 Å². The average molecular weight is 644 g/mol. The van der Waals surface area contributed by atoms with Crippen LogP contribution in [0, 0.1) is 0 Å². The summed E-state index contributed by atoms with van der Waals surface area (Å²) in [5, 5.41) is 14.8. The van der Waals surface area contributed by atoms with E-state index in [4.69, 9.17) is 17.3 Å². The van der Waals surface area contributed by atoms with Gasteiger partial charge >= 0.3 is 0 Å². The lowest BCUT2D eigenvalue weighted by Crippen LogP contribution is -2.54. The minimum Gasteiger partial charge on any atom is -0.391 e. The first-order valence-electron chi connectivity index (χ1n) is 14.4. The lowest BCUT2D eigenvalue weighted by atomic mass is 10.0. The molecule has 5 aromatic rings. The van der Waals surface area contributed by atoms with Crippen molar-refractivity contribution in [2.45, 2.75) is 37.6 Å². The number of aliphatic hydroxyl groups is 1. The van der Waals surface area contributed by atoms with Crippen LogP contribution in [-0.4, -0.2) is 89.3 Å². The number of β-amino-alcohol motifs (C(OH)–C–C–N with tert-alkyl or cyclic N) is 1. The van der Waals surface area contributed by atoms with Gasteiger partial charge in [0.05, 0.1) is 12.3 Å². The maximum atomic E-state index is 13.9. The number of nitrogens with zero attached hydrogens (tertiary/aromatic N) is 5. The predicted molar refractivity (Wildman–Crippen MR) is 170 cm³/mol. The van der Waals surface area contributed by atoms with Crippen LogP contribution in [0.4, 0.5) is 5.95 Å². The number of hydrogen-bond acceptors (Lipinski definition) is 9. The summed E-state index contributed by atoms with van der Waals surface area (Å²) in [6.45, 7) is 0.0340. The summed E-state index contributed by atoms with van der Waals surface area (Å²) in [5.74, 6) is -1.88. The van der Waals surface area contributed by atoms with Gasteiger partial charge < -0.3 is 30.9 Å². The molecule has 0 spiro atoms. The maximum absolute atomic E-state index is 13.9. The Morgan fingerprint density at radius 1 is 1.15 bits per heavy atom. The van der Waals surface area contributed by atoms with E-state index in [0.717, 1.165) is 33.1 Å². The predicted octanol–water partition coefficient (Wildman–Crippen LogP) is 1.39. The molecule has 1 aliphatic heterocycles. The van der Waals surface area contributed by atoms with Crippen LogP contribution in [0.2, 0.25) is 5.02 Å². The number of aromatic amines is 2. The van der Waals surface area contributed by atoms with Gasteiger partial charge in [-0.25, -0.2) is 9.97 Å². The van der Waals surface area contributed by atoms with Crippen LogP contribution in [0.3, 0.4) is 0 Å². The Labute approximate surface area is 266 Å². The number of likely N-dealkylation sites (tertiary alicyclic amines) is 1. The van der Waals surface area contributed by atoms with Gasteiger partial charge in [0.15, 0.2) is 11.2 Å². The number of nitrogens with one attached hydrogen (secondary N) is 3. The molecule has 236 valence electrons. The van der Waals surface area contributed by atoms with Gasteiger partial charge in [0.2, 0.25) is 17.8 Å². The molecule has 1 aliphatic rings. The molecule has 4 heterocycles. The van der Waals surface area contributed by atoms with Gasteiger partial charge in [-0.3, -0.25) is 24.2 Å². The first-order chi connectivity index (χ1) is 22.1. The number of para-hydroxylation sites is 1. The molecule has 3 unspecified atom stereocenters. The minimum absolute atomic E-state index is 0.0481. The van der Waals surface area contributed by atoms with Crippen molar-refractivity contribution in [3.05, 3.63) is 93.1 Å². The van der Waals surface area contributed by atoms with E-state index in [2.05, 4.69) is 30.2 Å². The molecule has 1 fully saturated rings. The van der Waals surface area contributed by atoms with Crippen LogP contribution in [0.25, 0.3) is 22.1 Å². The number of likely N-dealkylation sites (N-methyl/N-ethyl adjacent to an activating group) is 1. The second kappa shape index (κ2) is 12.6. The fraction of sp³-hybridized carbons (Fsp3) is 0.258. The molecule has 15 heteroatoms. The molecule has 1 saturated heterocycles. The van der Waals surface area contributed by atoms with Crippen molar-refractivity contribution in [3.63, 3.8) is 0 Å². The number of H-pyrrole nitrogens is 2. The molecular formula is C31H30ClN9O5. The molecule has 6 rings (SSSR count). The van der Waals surface area contributed by atoms with Crippen molar-refractivity contribution in [1.82, 2.24) is 40.0 Å². The van der Waals surface area contributed by atoms with Gasteiger partial charge in [0, 0.05) is 55.1 Å². The molecular weight excluding hydrogens is 614 g/mol. The second-order valence-electron chi connectivity index (χ2n) is 11.2. The van der Waals surface area contributed by atoms with Crippen molar-refractivity contribution >= 4 is 57.3 Å². The number of anilines is 1. The van der Waals surface area contributed by atoms with Crippen LogP contribution in [0.15, 0.2) is 65.7 Å². The number of nitrogen functional groups attached to an aromatic ring is 1. The third-order valence-electron chi connectivity index (χ3n) is 7.95. The standard InChI is InChI=1S/C31H30ClN9O5/c1-40(14-16-6-2-4-8-20(16)32)29(45)22(10-17-12-34-21-9-5-3-7-19(17)21)37-27(43)24-11-18(42)15-41(24)30(46)23-13-35-26-25(36-23)28(44)39-31(33)38-26/h2-9,12-13,18,22,24,34,42H,10-11,14-15H2,1H3,(H,37,43)(H3,33,35,38,39,44). The Kier molecular flexibility index (Phi) is 8.39. The highest BCUT2D eigenvalue weighted by Crippen LogP contribution is 2.24. The molecule has 6 N–H and O–H groups in total. The van der Waals surface area contributed by atoms with Gasteiger partial charge in [-0.1, -0.05) is 48.0 Å². The van der Waals surface area contributed by atoms with Crippen molar-refractivity contribution in [1.29, 1.82) is 0 Å². The number of halogens is 1. The zero-order valence-electron chi connectivity index (χ0n) is 24.6. The van der Waals surface area contributed by atoms with E-state index in [0.29, 0.717) is 5.02 Å². The Morgan fingerprint density at radius 2 is 1.91 bits per heavy atom. The van der Waals surface area contributed by atoms with E-state index in [1.54, 1.807) is 25.4 Å². The summed E-state index contributed by atoms with van der Waals surface area (Å²) < 4.78 is 0. The molecule has 3 amide bonds. The highest BCUT2D eigenvalue weighted by atomic mass is 35.5. The fourth-order valence-corrected chi connectivity index (χ4v) is 5.88. The number of fused-ring (bicyclic) bond motifs is 2. The number of aliphatic hydroxyl groups excluding tert-OH is 1. The fourth-order valence-electron chi connectivity index (χ4n) is 5.69. The van der Waals surface area contributed by atoms with Crippen LogP contribution in [0.1, 0.15) is 28.0 Å². The molecule has 0 bridgehead atoms. The summed E-state index contributed by atoms with van der Waals surface area (Å²) in [4.78, 5) is 73.9. The van der Waals surface area contributed by atoms with Crippen molar-refractivity contribution in [2.75, 3.05) is 19.3 Å². The summed E-state index contributed by atoms with van der Waals surface area (Å²) >= 11 is 6.35. The number of benzene rings is 2. The van der Waals surface area contributed by atoms with Crippen molar-refractivity contribution in [2.24, 2.45) is 0 Å². The van der Waals surface area contributed by atoms with Gasteiger partial charge in [0.1, 0.15) is 17.8 Å². The number of nitrogens with two attached hydrogens (primary N) is 1. The molecule has 46 heavy (non-hydrogen) atoms. The molecule has 3 aromatic heterocycles. The molecule has 3 atom stereocenters. The van der Waals surface area contributed by atoms with Gasteiger partial charge in [0.25, 0.3) is 11.5 Å². The summed E-state index contributed by atoms with van der Waals surface area (Å²) in [6.07, 6.45) is 2.00. The third kappa shape index (κ3) is 6.12. The number of aromatic nitrogens is 5. The summed E-state index contributed by atoms with van der Waals surface area (Å²) in [6, 6.07) is 12.6. The van der Waals surface area contributed by atoms with Gasteiger partial charge in [-0.05, 0) is 23.3 Å². The number of carbonyl (C=O) groups excluding carboxylic acids is 3. The molecule has 0 aliphatic carbocycles. The van der Waals surface area contributed by atoms with E-state index in [9.17, 15) is 24.3 Å².